The maximum Gasteiger partial charge on any atom is 0.252 e. The second kappa shape index (κ2) is 5.70. The first-order valence-electron chi connectivity index (χ1n) is 6.73. The average molecular weight is 317 g/mol. The van der Waals surface area contributed by atoms with Crippen LogP contribution in [-0.2, 0) is 4.79 Å². The number of carbonyl (C=O) groups excluding carboxylic acids is 1. The molecule has 7 heteroatoms. The fraction of sp³-hybridized carbons (Fsp3) is 0.267. The van der Waals surface area contributed by atoms with E-state index in [0.29, 0.717) is 5.02 Å². The van der Waals surface area contributed by atoms with Gasteiger partial charge in [-0.15, -0.1) is 5.10 Å². The highest BCUT2D eigenvalue weighted by molar-refractivity contribution is 6.31. The molecule has 1 aromatic heterocycles. The van der Waals surface area contributed by atoms with Crippen LogP contribution in [0.25, 0.3) is 0 Å². The number of halogens is 1. The number of anilines is 1. The number of ether oxygens (including phenoxy) is 1. The predicted octanol–water partition coefficient (Wildman–Crippen LogP) is 2.69. The minimum Gasteiger partial charge on any atom is -0.479 e. The van der Waals surface area contributed by atoms with Gasteiger partial charge in [0.05, 0.1) is 7.11 Å². The SMILES string of the molecule is COc1n[nH]c(NC(=O)[C@H]2C[C@@H]2c2ccccc2Cl)c1C#N. The third kappa shape index (κ3) is 2.51. The zero-order valence-electron chi connectivity index (χ0n) is 11.8. The minimum atomic E-state index is -0.160. The summed E-state index contributed by atoms with van der Waals surface area (Å²) in [4.78, 5) is 12.3. The Morgan fingerprint density at radius 2 is 2.32 bits per heavy atom. The number of aromatic nitrogens is 2. The molecule has 6 nitrogen and oxygen atoms in total. The van der Waals surface area contributed by atoms with Crippen LogP contribution in [0.3, 0.4) is 0 Å². The molecule has 3 rings (SSSR count). The second-order valence-corrected chi connectivity index (χ2v) is 5.46. The van der Waals surface area contributed by atoms with E-state index in [2.05, 4.69) is 15.5 Å². The van der Waals surface area contributed by atoms with E-state index in [1.54, 1.807) is 0 Å². The molecule has 1 amide bonds. The smallest absolute Gasteiger partial charge is 0.252 e. The molecular weight excluding hydrogens is 304 g/mol. The van der Waals surface area contributed by atoms with Gasteiger partial charge in [-0.1, -0.05) is 29.8 Å². The van der Waals surface area contributed by atoms with Gasteiger partial charge in [0.15, 0.2) is 5.56 Å². The molecule has 1 aliphatic carbocycles. The zero-order chi connectivity index (χ0) is 15.7. The van der Waals surface area contributed by atoms with E-state index in [9.17, 15) is 4.79 Å². The number of nitriles is 1. The largest absolute Gasteiger partial charge is 0.479 e. The van der Waals surface area contributed by atoms with E-state index >= 15 is 0 Å². The summed E-state index contributed by atoms with van der Waals surface area (Å²) in [6, 6.07) is 9.47. The van der Waals surface area contributed by atoms with Crippen LogP contribution in [0.2, 0.25) is 5.02 Å². The lowest BCUT2D eigenvalue weighted by molar-refractivity contribution is -0.117. The molecular formula is C15H13ClN4O2. The first-order chi connectivity index (χ1) is 10.7. The molecule has 0 spiro atoms. The molecule has 0 aliphatic heterocycles. The number of hydrogen-bond donors (Lipinski definition) is 2. The maximum atomic E-state index is 12.3. The summed E-state index contributed by atoms with van der Waals surface area (Å²) >= 11 is 6.15. The van der Waals surface area contributed by atoms with Crippen molar-refractivity contribution in [1.29, 1.82) is 5.26 Å². The van der Waals surface area contributed by atoms with Crippen LogP contribution in [-0.4, -0.2) is 23.2 Å². The number of amides is 1. The van der Waals surface area contributed by atoms with Crippen molar-refractivity contribution in [2.75, 3.05) is 12.4 Å². The Labute approximate surface area is 132 Å². The molecule has 0 bridgehead atoms. The van der Waals surface area contributed by atoms with Crippen LogP contribution in [0.15, 0.2) is 24.3 Å². The van der Waals surface area contributed by atoms with Crippen LogP contribution >= 0.6 is 11.6 Å². The normalized spacial score (nSPS) is 19.3. The highest BCUT2D eigenvalue weighted by Gasteiger charge is 2.45. The van der Waals surface area contributed by atoms with Gasteiger partial charge in [-0.25, -0.2) is 0 Å². The first-order valence-corrected chi connectivity index (χ1v) is 7.11. The molecule has 2 atom stereocenters. The Hall–Kier alpha value is -2.52. The number of aromatic amines is 1. The zero-order valence-corrected chi connectivity index (χ0v) is 12.5. The van der Waals surface area contributed by atoms with E-state index in [0.717, 1.165) is 12.0 Å². The summed E-state index contributed by atoms with van der Waals surface area (Å²) in [5.74, 6) is 0.225. The molecule has 1 heterocycles. The first kappa shape index (κ1) is 14.4. The summed E-state index contributed by atoms with van der Waals surface area (Å²) in [5, 5.41) is 18.9. The van der Waals surface area contributed by atoms with Crippen LogP contribution < -0.4 is 10.1 Å². The quantitative estimate of drug-likeness (QED) is 0.907. The molecule has 0 saturated heterocycles. The molecule has 0 radical (unpaired) electrons. The van der Waals surface area contributed by atoms with Crippen molar-refractivity contribution in [3.05, 3.63) is 40.4 Å². The molecule has 22 heavy (non-hydrogen) atoms. The van der Waals surface area contributed by atoms with Crippen molar-refractivity contribution in [3.63, 3.8) is 0 Å². The summed E-state index contributed by atoms with van der Waals surface area (Å²) in [7, 11) is 1.41. The summed E-state index contributed by atoms with van der Waals surface area (Å²) in [6.07, 6.45) is 0.739. The lowest BCUT2D eigenvalue weighted by Crippen LogP contribution is -2.15. The van der Waals surface area contributed by atoms with Crippen molar-refractivity contribution in [2.24, 2.45) is 5.92 Å². The average Bonchev–Trinajstić information content (AvgIpc) is 3.22. The second-order valence-electron chi connectivity index (χ2n) is 5.05. The summed E-state index contributed by atoms with van der Waals surface area (Å²) in [6.45, 7) is 0. The molecule has 1 aliphatic rings. The van der Waals surface area contributed by atoms with E-state index in [4.69, 9.17) is 21.6 Å². The lowest BCUT2D eigenvalue weighted by atomic mass is 10.1. The van der Waals surface area contributed by atoms with Gasteiger partial charge in [0.1, 0.15) is 11.9 Å². The Morgan fingerprint density at radius 1 is 1.55 bits per heavy atom. The Kier molecular flexibility index (Phi) is 3.73. The number of rotatable bonds is 4. The Morgan fingerprint density at radius 3 is 3.00 bits per heavy atom. The number of methoxy groups -OCH3 is 1. The van der Waals surface area contributed by atoms with Crippen molar-refractivity contribution in [3.8, 4) is 11.9 Å². The van der Waals surface area contributed by atoms with Crippen molar-refractivity contribution >= 4 is 23.3 Å². The number of benzene rings is 1. The molecule has 112 valence electrons. The molecule has 2 N–H and O–H groups in total. The summed E-state index contributed by atoms with van der Waals surface area (Å²) in [5.41, 5.74) is 1.16. The fourth-order valence-electron chi connectivity index (χ4n) is 2.49. The molecule has 2 aromatic rings. The number of nitrogens with zero attached hydrogens (tertiary/aromatic N) is 2. The van der Waals surface area contributed by atoms with Crippen molar-refractivity contribution < 1.29 is 9.53 Å². The van der Waals surface area contributed by atoms with Crippen LogP contribution in [0.4, 0.5) is 5.82 Å². The third-order valence-electron chi connectivity index (χ3n) is 3.72. The van der Waals surface area contributed by atoms with Gasteiger partial charge in [0, 0.05) is 10.9 Å². The Balaban J connectivity index is 1.71. The van der Waals surface area contributed by atoms with Crippen LogP contribution in [0.5, 0.6) is 5.88 Å². The van der Waals surface area contributed by atoms with E-state index in [1.807, 2.05) is 30.3 Å². The molecule has 1 fully saturated rings. The molecule has 0 unspecified atom stereocenters. The fourth-order valence-corrected chi connectivity index (χ4v) is 2.76. The van der Waals surface area contributed by atoms with Crippen LogP contribution in [0, 0.1) is 17.2 Å². The van der Waals surface area contributed by atoms with Gasteiger partial charge >= 0.3 is 0 Å². The predicted molar refractivity (Wildman–Crippen MR) is 80.8 cm³/mol. The van der Waals surface area contributed by atoms with Gasteiger partial charge in [-0.05, 0) is 24.0 Å². The maximum absolute atomic E-state index is 12.3. The van der Waals surface area contributed by atoms with Crippen molar-refractivity contribution in [2.45, 2.75) is 12.3 Å². The van der Waals surface area contributed by atoms with Gasteiger partial charge < -0.3 is 10.1 Å². The molecule has 1 aromatic carbocycles. The lowest BCUT2D eigenvalue weighted by Gasteiger charge is -2.04. The van der Waals surface area contributed by atoms with E-state index in [1.165, 1.54) is 7.11 Å². The van der Waals surface area contributed by atoms with E-state index < -0.39 is 0 Å². The number of H-pyrrole nitrogens is 1. The van der Waals surface area contributed by atoms with Crippen molar-refractivity contribution in [1.82, 2.24) is 10.2 Å². The third-order valence-corrected chi connectivity index (χ3v) is 4.06. The monoisotopic (exact) mass is 316 g/mol. The number of hydrogen-bond acceptors (Lipinski definition) is 4. The van der Waals surface area contributed by atoms with Crippen LogP contribution in [0.1, 0.15) is 23.5 Å². The van der Waals surface area contributed by atoms with Gasteiger partial charge in [-0.3, -0.25) is 9.89 Å². The summed E-state index contributed by atoms with van der Waals surface area (Å²) < 4.78 is 4.95. The van der Waals surface area contributed by atoms with Gasteiger partial charge in [0.2, 0.25) is 5.91 Å². The standard InChI is InChI=1S/C15H13ClN4O2/c1-22-15-11(7-17)13(19-20-15)18-14(21)10-6-9(10)8-4-2-3-5-12(8)16/h2-5,9-10H,6H2,1H3,(H2,18,19,20,21)/t9-,10+/m1/s1. The van der Waals surface area contributed by atoms with Gasteiger partial charge in [0.25, 0.3) is 5.88 Å². The minimum absolute atomic E-state index is 0.115. The number of carbonyl (C=O) groups is 1. The molecule has 1 saturated carbocycles. The Bertz CT molecular complexity index is 765. The number of nitrogens with one attached hydrogen (secondary N) is 2. The highest BCUT2D eigenvalue weighted by atomic mass is 35.5. The van der Waals surface area contributed by atoms with E-state index in [-0.39, 0.29) is 35.0 Å². The van der Waals surface area contributed by atoms with Gasteiger partial charge in [-0.2, -0.15) is 5.26 Å². The highest BCUT2D eigenvalue weighted by Crippen LogP contribution is 2.50. The topological polar surface area (TPSA) is 90.8 Å².